The number of carbonyl (C=O) groups is 1. The first-order valence-corrected chi connectivity index (χ1v) is 11.6. The molecule has 0 radical (unpaired) electrons. The van der Waals surface area contributed by atoms with Crippen molar-refractivity contribution in [3.63, 3.8) is 0 Å². The van der Waals surface area contributed by atoms with E-state index in [1.807, 2.05) is 78.1 Å². The molecular weight excluding hydrogens is 436 g/mol. The van der Waals surface area contributed by atoms with Crippen LogP contribution < -0.4 is 14.8 Å². The van der Waals surface area contributed by atoms with Gasteiger partial charge in [0.25, 0.3) is 0 Å². The van der Waals surface area contributed by atoms with E-state index in [4.69, 9.17) is 19.4 Å². The molecule has 2 aromatic heterocycles. The second kappa shape index (κ2) is 7.97. The molecule has 0 spiro atoms. The zero-order chi connectivity index (χ0) is 22.4. The monoisotopic (exact) mass is 456 g/mol. The van der Waals surface area contributed by atoms with E-state index in [1.54, 1.807) is 0 Å². The molecule has 3 aromatic carbocycles. The van der Waals surface area contributed by atoms with Crippen molar-refractivity contribution in [3.8, 4) is 11.5 Å². The summed E-state index contributed by atoms with van der Waals surface area (Å²) in [6.45, 7) is 2.18. The fourth-order valence-electron chi connectivity index (χ4n) is 4.09. The number of aromatic nitrogens is 3. The largest absolute Gasteiger partial charge is 0.454 e. The van der Waals surface area contributed by atoms with Gasteiger partial charge in [0.2, 0.25) is 12.7 Å². The van der Waals surface area contributed by atoms with Gasteiger partial charge in [-0.05, 0) is 48.9 Å². The number of hydrogen-bond acceptors (Lipinski definition) is 6. The van der Waals surface area contributed by atoms with Crippen LogP contribution in [0, 0.1) is 0 Å². The summed E-state index contributed by atoms with van der Waals surface area (Å²) in [5.74, 6) is 1.60. The molecule has 5 aromatic rings. The lowest BCUT2D eigenvalue weighted by atomic mass is 10.1. The third-order valence-corrected chi connectivity index (χ3v) is 6.66. The van der Waals surface area contributed by atoms with Crippen molar-refractivity contribution in [2.45, 2.75) is 18.1 Å². The Bertz CT molecular complexity index is 1530. The quantitative estimate of drug-likeness (QED) is 0.304. The molecule has 6 rings (SSSR count). The third kappa shape index (κ3) is 3.52. The van der Waals surface area contributed by atoms with E-state index in [1.165, 1.54) is 11.8 Å². The SMILES string of the molecule is C[C@@H](NC(=O)CSc1nc2ccccc2c2nc3ccccc3n12)c1ccc2c(c1)OCO2. The summed E-state index contributed by atoms with van der Waals surface area (Å²) >= 11 is 1.40. The highest BCUT2D eigenvalue weighted by Crippen LogP contribution is 2.34. The predicted octanol–water partition coefficient (Wildman–Crippen LogP) is 4.73. The third-order valence-electron chi connectivity index (χ3n) is 5.72. The maximum absolute atomic E-state index is 12.8. The molecule has 0 unspecified atom stereocenters. The fourth-order valence-corrected chi connectivity index (χ4v) is 4.91. The van der Waals surface area contributed by atoms with Crippen LogP contribution in [0.3, 0.4) is 0 Å². The molecule has 7 nitrogen and oxygen atoms in total. The number of carbonyl (C=O) groups excluding carboxylic acids is 1. The van der Waals surface area contributed by atoms with Gasteiger partial charge in [0.05, 0.1) is 28.3 Å². The van der Waals surface area contributed by atoms with Crippen LogP contribution in [-0.4, -0.2) is 32.8 Å². The molecular formula is C25H20N4O3S. The van der Waals surface area contributed by atoms with Crippen LogP contribution in [0.15, 0.2) is 71.9 Å². The summed E-state index contributed by atoms with van der Waals surface area (Å²) in [6.07, 6.45) is 0. The second-order valence-electron chi connectivity index (χ2n) is 7.86. The van der Waals surface area contributed by atoms with Crippen molar-refractivity contribution >= 4 is 45.3 Å². The molecule has 0 fully saturated rings. The highest BCUT2D eigenvalue weighted by Gasteiger charge is 2.18. The summed E-state index contributed by atoms with van der Waals surface area (Å²) in [5.41, 5.74) is 4.54. The van der Waals surface area contributed by atoms with Crippen molar-refractivity contribution in [2.75, 3.05) is 12.5 Å². The normalized spacial score (nSPS) is 13.6. The number of amides is 1. The average Bonchev–Trinajstić information content (AvgIpc) is 3.47. The summed E-state index contributed by atoms with van der Waals surface area (Å²) < 4.78 is 12.8. The number of hydrogen-bond donors (Lipinski definition) is 1. The molecule has 33 heavy (non-hydrogen) atoms. The summed E-state index contributed by atoms with van der Waals surface area (Å²) in [4.78, 5) is 22.5. The van der Waals surface area contributed by atoms with Gasteiger partial charge in [-0.2, -0.15) is 0 Å². The van der Waals surface area contributed by atoms with Crippen LogP contribution in [0.25, 0.3) is 27.6 Å². The molecule has 8 heteroatoms. The second-order valence-corrected chi connectivity index (χ2v) is 8.80. The Hall–Kier alpha value is -3.78. The molecule has 0 saturated carbocycles. The fraction of sp³-hybridized carbons (Fsp3) is 0.160. The van der Waals surface area contributed by atoms with E-state index in [9.17, 15) is 4.79 Å². The number of thioether (sulfide) groups is 1. The summed E-state index contributed by atoms with van der Waals surface area (Å²) in [7, 11) is 0. The predicted molar refractivity (Wildman–Crippen MR) is 128 cm³/mol. The Morgan fingerprint density at radius 2 is 1.82 bits per heavy atom. The van der Waals surface area contributed by atoms with Crippen LogP contribution in [0.2, 0.25) is 0 Å². The van der Waals surface area contributed by atoms with Gasteiger partial charge in [-0.1, -0.05) is 42.1 Å². The summed E-state index contributed by atoms with van der Waals surface area (Å²) in [6, 6.07) is 21.5. The lowest BCUT2D eigenvalue weighted by Gasteiger charge is -2.15. The molecule has 0 bridgehead atoms. The molecule has 1 aliphatic rings. The van der Waals surface area contributed by atoms with Crippen molar-refractivity contribution in [2.24, 2.45) is 0 Å². The van der Waals surface area contributed by atoms with E-state index in [-0.39, 0.29) is 24.5 Å². The Morgan fingerprint density at radius 1 is 1.03 bits per heavy atom. The summed E-state index contributed by atoms with van der Waals surface area (Å²) in [5, 5.41) is 4.79. The van der Waals surface area contributed by atoms with Gasteiger partial charge in [-0.3, -0.25) is 9.20 Å². The van der Waals surface area contributed by atoms with Crippen LogP contribution in [0.4, 0.5) is 0 Å². The first kappa shape index (κ1) is 19.9. The Morgan fingerprint density at radius 3 is 2.73 bits per heavy atom. The van der Waals surface area contributed by atoms with Crippen molar-refractivity contribution in [1.82, 2.24) is 19.7 Å². The van der Waals surface area contributed by atoms with Crippen LogP contribution in [-0.2, 0) is 4.79 Å². The molecule has 1 atom stereocenters. The highest BCUT2D eigenvalue weighted by molar-refractivity contribution is 7.99. The standard InChI is InChI=1S/C25H20N4O3S/c1-15(16-10-11-21-22(12-16)32-14-31-21)26-23(30)13-33-25-28-18-7-3-2-6-17(18)24-27-19-8-4-5-9-20(19)29(24)25/h2-12,15H,13-14H2,1H3,(H,26,30)/t15-/m1/s1. The minimum atomic E-state index is -0.161. The van der Waals surface area contributed by atoms with Crippen molar-refractivity contribution < 1.29 is 14.3 Å². The van der Waals surface area contributed by atoms with E-state index in [2.05, 4.69) is 5.32 Å². The van der Waals surface area contributed by atoms with Crippen molar-refractivity contribution in [3.05, 3.63) is 72.3 Å². The Labute approximate surface area is 193 Å². The lowest BCUT2D eigenvalue weighted by Crippen LogP contribution is -2.28. The lowest BCUT2D eigenvalue weighted by molar-refractivity contribution is -0.119. The minimum absolute atomic E-state index is 0.0716. The van der Waals surface area contributed by atoms with Gasteiger partial charge >= 0.3 is 0 Å². The topological polar surface area (TPSA) is 77.8 Å². The van der Waals surface area contributed by atoms with E-state index in [0.717, 1.165) is 44.1 Å². The van der Waals surface area contributed by atoms with Crippen LogP contribution in [0.5, 0.6) is 11.5 Å². The maximum Gasteiger partial charge on any atom is 0.231 e. The number of para-hydroxylation sites is 3. The molecule has 0 saturated heterocycles. The average molecular weight is 457 g/mol. The molecule has 1 amide bonds. The Kier molecular flexibility index (Phi) is 4.80. The zero-order valence-electron chi connectivity index (χ0n) is 17.8. The number of nitrogens with zero attached hydrogens (tertiary/aromatic N) is 3. The number of rotatable bonds is 5. The molecule has 1 N–H and O–H groups in total. The molecule has 164 valence electrons. The number of imidazole rings is 1. The van der Waals surface area contributed by atoms with Crippen molar-refractivity contribution in [1.29, 1.82) is 0 Å². The molecule has 3 heterocycles. The minimum Gasteiger partial charge on any atom is -0.454 e. The maximum atomic E-state index is 12.8. The zero-order valence-corrected chi connectivity index (χ0v) is 18.6. The smallest absolute Gasteiger partial charge is 0.231 e. The van der Waals surface area contributed by atoms with Crippen LogP contribution in [0.1, 0.15) is 18.5 Å². The number of ether oxygens (including phenoxy) is 2. The number of nitrogens with one attached hydrogen (secondary N) is 1. The van der Waals surface area contributed by atoms with Gasteiger partial charge in [0.1, 0.15) is 5.65 Å². The first-order chi connectivity index (χ1) is 16.2. The van der Waals surface area contributed by atoms with E-state index >= 15 is 0 Å². The molecule has 0 aliphatic carbocycles. The van der Waals surface area contributed by atoms with Gasteiger partial charge in [-0.25, -0.2) is 9.97 Å². The van der Waals surface area contributed by atoms with E-state index in [0.29, 0.717) is 5.75 Å². The van der Waals surface area contributed by atoms with Gasteiger partial charge in [0, 0.05) is 5.39 Å². The van der Waals surface area contributed by atoms with Gasteiger partial charge in [-0.15, -0.1) is 0 Å². The van der Waals surface area contributed by atoms with Gasteiger partial charge < -0.3 is 14.8 Å². The Balaban J connectivity index is 1.27. The molecule has 1 aliphatic heterocycles. The number of benzene rings is 3. The first-order valence-electron chi connectivity index (χ1n) is 10.6. The van der Waals surface area contributed by atoms with Gasteiger partial charge in [0.15, 0.2) is 16.7 Å². The number of fused-ring (bicyclic) bond motifs is 6. The van der Waals surface area contributed by atoms with Crippen LogP contribution >= 0.6 is 11.8 Å². The van der Waals surface area contributed by atoms with E-state index < -0.39 is 0 Å². The highest BCUT2D eigenvalue weighted by atomic mass is 32.2.